The van der Waals surface area contributed by atoms with Gasteiger partial charge in [-0.25, -0.2) is 4.79 Å². The Balaban J connectivity index is 3.32. The minimum atomic E-state index is -0.584. The lowest BCUT2D eigenvalue weighted by atomic mass is 10.2. The molecule has 0 aliphatic carbocycles. The van der Waals surface area contributed by atoms with Gasteiger partial charge in [-0.1, -0.05) is 23.2 Å². The van der Waals surface area contributed by atoms with E-state index in [-0.39, 0.29) is 15.6 Å². The van der Waals surface area contributed by atoms with Crippen LogP contribution in [0.15, 0.2) is 12.1 Å². The predicted molar refractivity (Wildman–Crippen MR) is 54.4 cm³/mol. The topological polar surface area (TPSA) is 35.5 Å². The number of rotatable bonds is 2. The van der Waals surface area contributed by atoms with E-state index in [2.05, 4.69) is 4.74 Å². The van der Waals surface area contributed by atoms with E-state index < -0.39 is 5.97 Å². The van der Waals surface area contributed by atoms with E-state index in [1.54, 1.807) is 6.07 Å². The second kappa shape index (κ2) is 4.53. The van der Waals surface area contributed by atoms with Crippen LogP contribution in [0.4, 0.5) is 0 Å². The van der Waals surface area contributed by atoms with Crippen LogP contribution >= 0.6 is 23.2 Å². The molecule has 0 bridgehead atoms. The van der Waals surface area contributed by atoms with E-state index in [1.807, 2.05) is 0 Å². The SMILES string of the molecule is COC(=O)c1c(Cl)ccc(OC)c1Cl. The van der Waals surface area contributed by atoms with Crippen molar-refractivity contribution in [3.8, 4) is 5.75 Å². The first-order chi connectivity index (χ1) is 6.61. The van der Waals surface area contributed by atoms with E-state index in [9.17, 15) is 4.79 Å². The maximum Gasteiger partial charge on any atom is 0.341 e. The molecule has 0 atom stereocenters. The Morgan fingerprint density at radius 3 is 2.43 bits per heavy atom. The Labute approximate surface area is 91.5 Å². The smallest absolute Gasteiger partial charge is 0.341 e. The molecule has 0 saturated heterocycles. The molecule has 5 heteroatoms. The van der Waals surface area contributed by atoms with Gasteiger partial charge >= 0.3 is 5.97 Å². The zero-order valence-corrected chi connectivity index (χ0v) is 9.15. The van der Waals surface area contributed by atoms with Gasteiger partial charge in [0.05, 0.1) is 24.3 Å². The van der Waals surface area contributed by atoms with Gasteiger partial charge in [-0.05, 0) is 12.1 Å². The lowest BCUT2D eigenvalue weighted by molar-refractivity contribution is 0.0601. The zero-order chi connectivity index (χ0) is 10.7. The zero-order valence-electron chi connectivity index (χ0n) is 7.64. The Kier molecular flexibility index (Phi) is 3.61. The average molecular weight is 235 g/mol. The van der Waals surface area contributed by atoms with Crippen molar-refractivity contribution in [2.24, 2.45) is 0 Å². The first kappa shape index (κ1) is 11.1. The Morgan fingerprint density at radius 1 is 1.29 bits per heavy atom. The first-order valence-corrected chi connectivity index (χ1v) is 4.47. The standard InChI is InChI=1S/C9H8Cl2O3/c1-13-6-4-3-5(10)7(8(6)11)9(12)14-2/h3-4H,1-2H3. The molecule has 0 N–H and O–H groups in total. The van der Waals surface area contributed by atoms with Gasteiger partial charge in [0.25, 0.3) is 0 Å². The fourth-order valence-electron chi connectivity index (χ4n) is 0.980. The van der Waals surface area contributed by atoms with Crippen LogP contribution in [-0.4, -0.2) is 20.2 Å². The van der Waals surface area contributed by atoms with Gasteiger partial charge in [0.15, 0.2) is 0 Å². The molecule has 0 aliphatic heterocycles. The Morgan fingerprint density at radius 2 is 1.93 bits per heavy atom. The minimum Gasteiger partial charge on any atom is -0.495 e. The second-order valence-corrected chi connectivity index (χ2v) is 3.22. The molecule has 3 nitrogen and oxygen atoms in total. The van der Waals surface area contributed by atoms with Crippen LogP contribution in [0.1, 0.15) is 10.4 Å². The highest BCUT2D eigenvalue weighted by Gasteiger charge is 2.18. The summed E-state index contributed by atoms with van der Waals surface area (Å²) in [5.41, 5.74) is 0.121. The third-order valence-corrected chi connectivity index (χ3v) is 2.36. The van der Waals surface area contributed by atoms with Crippen molar-refractivity contribution in [3.63, 3.8) is 0 Å². The van der Waals surface area contributed by atoms with Gasteiger partial charge in [-0.15, -0.1) is 0 Å². The van der Waals surface area contributed by atoms with Crippen molar-refractivity contribution >= 4 is 29.2 Å². The molecular formula is C9H8Cl2O3. The van der Waals surface area contributed by atoms with Gasteiger partial charge in [0.2, 0.25) is 0 Å². The number of carbonyl (C=O) groups excluding carboxylic acids is 1. The molecular weight excluding hydrogens is 227 g/mol. The lowest BCUT2D eigenvalue weighted by Gasteiger charge is -2.08. The molecule has 0 aliphatic rings. The normalized spacial score (nSPS) is 9.71. The summed E-state index contributed by atoms with van der Waals surface area (Å²) in [6, 6.07) is 3.11. The quantitative estimate of drug-likeness (QED) is 0.739. The number of halogens is 2. The highest BCUT2D eigenvalue weighted by atomic mass is 35.5. The molecule has 0 spiro atoms. The fourth-order valence-corrected chi connectivity index (χ4v) is 1.58. The largest absolute Gasteiger partial charge is 0.495 e. The van der Waals surface area contributed by atoms with Gasteiger partial charge in [-0.3, -0.25) is 0 Å². The van der Waals surface area contributed by atoms with Crippen molar-refractivity contribution in [1.29, 1.82) is 0 Å². The fraction of sp³-hybridized carbons (Fsp3) is 0.222. The molecule has 1 aromatic carbocycles. The summed E-state index contributed by atoms with van der Waals surface area (Å²) >= 11 is 11.7. The number of hydrogen-bond donors (Lipinski definition) is 0. The summed E-state index contributed by atoms with van der Waals surface area (Å²) < 4.78 is 9.47. The van der Waals surface area contributed by atoms with Crippen LogP contribution in [-0.2, 0) is 4.74 Å². The monoisotopic (exact) mass is 234 g/mol. The summed E-state index contributed by atoms with van der Waals surface area (Å²) in [7, 11) is 2.71. The maximum absolute atomic E-state index is 11.3. The van der Waals surface area contributed by atoms with E-state index in [0.717, 1.165) is 0 Å². The van der Waals surface area contributed by atoms with Crippen molar-refractivity contribution in [2.75, 3.05) is 14.2 Å². The van der Waals surface area contributed by atoms with Crippen LogP contribution in [0.5, 0.6) is 5.75 Å². The molecule has 14 heavy (non-hydrogen) atoms. The number of benzene rings is 1. The predicted octanol–water partition coefficient (Wildman–Crippen LogP) is 2.79. The van der Waals surface area contributed by atoms with Crippen molar-refractivity contribution < 1.29 is 14.3 Å². The summed E-state index contributed by atoms with van der Waals surface area (Å²) in [5.74, 6) is -0.199. The van der Waals surface area contributed by atoms with E-state index in [4.69, 9.17) is 27.9 Å². The molecule has 0 fully saturated rings. The highest BCUT2D eigenvalue weighted by molar-refractivity contribution is 6.40. The Hall–Kier alpha value is -0.930. The van der Waals surface area contributed by atoms with Gasteiger partial charge in [0, 0.05) is 0 Å². The van der Waals surface area contributed by atoms with Crippen molar-refractivity contribution in [1.82, 2.24) is 0 Å². The summed E-state index contributed by atoms with van der Waals surface area (Å²) in [6.07, 6.45) is 0. The number of carbonyl (C=O) groups is 1. The number of methoxy groups -OCH3 is 2. The lowest BCUT2D eigenvalue weighted by Crippen LogP contribution is -2.04. The third-order valence-electron chi connectivity index (χ3n) is 1.67. The van der Waals surface area contributed by atoms with Crippen LogP contribution in [0.25, 0.3) is 0 Å². The molecule has 0 aromatic heterocycles. The second-order valence-electron chi connectivity index (χ2n) is 2.43. The molecule has 0 radical (unpaired) electrons. The molecule has 0 unspecified atom stereocenters. The molecule has 1 aromatic rings. The minimum absolute atomic E-state index is 0.121. The Bertz CT molecular complexity index is 363. The highest BCUT2D eigenvalue weighted by Crippen LogP contribution is 2.33. The maximum atomic E-state index is 11.3. The molecule has 0 heterocycles. The van der Waals surface area contributed by atoms with E-state index in [1.165, 1.54) is 20.3 Å². The van der Waals surface area contributed by atoms with Gasteiger partial charge in [0.1, 0.15) is 11.3 Å². The number of hydrogen-bond acceptors (Lipinski definition) is 3. The summed E-state index contributed by atoms with van der Waals surface area (Å²) in [5, 5.41) is 0.398. The van der Waals surface area contributed by atoms with Crippen LogP contribution in [0, 0.1) is 0 Å². The van der Waals surface area contributed by atoms with Crippen molar-refractivity contribution in [3.05, 3.63) is 27.7 Å². The molecule has 0 saturated carbocycles. The van der Waals surface area contributed by atoms with Crippen LogP contribution in [0.3, 0.4) is 0 Å². The van der Waals surface area contributed by atoms with Gasteiger partial charge < -0.3 is 9.47 Å². The molecule has 1 rings (SSSR count). The average Bonchev–Trinajstić information content (AvgIpc) is 2.18. The number of esters is 1. The summed E-state index contributed by atoms with van der Waals surface area (Å²) in [4.78, 5) is 11.3. The van der Waals surface area contributed by atoms with Gasteiger partial charge in [-0.2, -0.15) is 0 Å². The first-order valence-electron chi connectivity index (χ1n) is 3.72. The molecule has 0 amide bonds. The van der Waals surface area contributed by atoms with E-state index in [0.29, 0.717) is 5.75 Å². The summed E-state index contributed by atoms with van der Waals surface area (Å²) in [6.45, 7) is 0. The molecule has 76 valence electrons. The van der Waals surface area contributed by atoms with Crippen LogP contribution in [0.2, 0.25) is 10.0 Å². The van der Waals surface area contributed by atoms with Crippen LogP contribution < -0.4 is 4.74 Å². The number of ether oxygens (including phenoxy) is 2. The third kappa shape index (κ3) is 1.94. The van der Waals surface area contributed by atoms with Crippen molar-refractivity contribution in [2.45, 2.75) is 0 Å². The van der Waals surface area contributed by atoms with E-state index >= 15 is 0 Å².